The lowest BCUT2D eigenvalue weighted by Gasteiger charge is -2.18. The summed E-state index contributed by atoms with van der Waals surface area (Å²) in [4.78, 5) is 0. The van der Waals surface area contributed by atoms with Crippen LogP contribution in [0, 0.1) is 0 Å². The van der Waals surface area contributed by atoms with Crippen molar-refractivity contribution in [2.24, 2.45) is 0 Å². The first-order valence-corrected chi connectivity index (χ1v) is 4.35. The molecule has 0 spiro atoms. The highest BCUT2D eigenvalue weighted by atomic mass is 16.3. The molecule has 11 heavy (non-hydrogen) atoms. The van der Waals surface area contributed by atoms with Gasteiger partial charge in [0.15, 0.2) is 0 Å². The lowest BCUT2D eigenvalue weighted by molar-refractivity contribution is 0.0646. The SMILES string of the molecule is CC/C=C/CC1(O)CCNC1. The van der Waals surface area contributed by atoms with Crippen LogP contribution in [0.1, 0.15) is 26.2 Å². The number of nitrogens with one attached hydrogen (secondary N) is 1. The Balaban J connectivity index is 2.28. The molecule has 1 atom stereocenters. The Morgan fingerprint density at radius 1 is 1.55 bits per heavy atom. The van der Waals surface area contributed by atoms with Crippen molar-refractivity contribution in [1.82, 2.24) is 5.32 Å². The van der Waals surface area contributed by atoms with Gasteiger partial charge in [-0.2, -0.15) is 0 Å². The molecule has 0 aromatic rings. The van der Waals surface area contributed by atoms with E-state index in [2.05, 4.69) is 24.4 Å². The van der Waals surface area contributed by atoms with E-state index in [1.165, 1.54) is 0 Å². The minimum absolute atomic E-state index is 0.453. The van der Waals surface area contributed by atoms with Crippen LogP contribution in [0.25, 0.3) is 0 Å². The van der Waals surface area contributed by atoms with Crippen LogP contribution in [0.3, 0.4) is 0 Å². The second kappa shape index (κ2) is 3.88. The third-order valence-electron chi connectivity index (χ3n) is 2.12. The molecular weight excluding hydrogens is 138 g/mol. The fourth-order valence-corrected chi connectivity index (χ4v) is 1.37. The Bertz CT molecular complexity index is 136. The molecule has 0 aliphatic carbocycles. The van der Waals surface area contributed by atoms with Gasteiger partial charge in [0, 0.05) is 6.54 Å². The van der Waals surface area contributed by atoms with E-state index in [-0.39, 0.29) is 0 Å². The molecule has 2 N–H and O–H groups in total. The molecule has 0 amide bonds. The maximum atomic E-state index is 9.80. The normalized spacial score (nSPS) is 31.8. The maximum absolute atomic E-state index is 9.80. The van der Waals surface area contributed by atoms with E-state index in [0.29, 0.717) is 0 Å². The van der Waals surface area contributed by atoms with Gasteiger partial charge >= 0.3 is 0 Å². The van der Waals surface area contributed by atoms with E-state index >= 15 is 0 Å². The van der Waals surface area contributed by atoms with Gasteiger partial charge in [-0.1, -0.05) is 19.1 Å². The highest BCUT2D eigenvalue weighted by Gasteiger charge is 2.28. The summed E-state index contributed by atoms with van der Waals surface area (Å²) in [5.41, 5.74) is -0.453. The lowest BCUT2D eigenvalue weighted by Crippen LogP contribution is -2.30. The predicted octanol–water partition coefficient (Wildman–Crippen LogP) is 1.07. The Hall–Kier alpha value is -0.340. The minimum atomic E-state index is -0.453. The van der Waals surface area contributed by atoms with E-state index in [1.807, 2.05) is 0 Å². The zero-order valence-corrected chi connectivity index (χ0v) is 7.14. The van der Waals surface area contributed by atoms with Crippen LogP contribution in [0.5, 0.6) is 0 Å². The van der Waals surface area contributed by atoms with Gasteiger partial charge < -0.3 is 10.4 Å². The van der Waals surface area contributed by atoms with Crippen LogP contribution in [0.4, 0.5) is 0 Å². The zero-order valence-electron chi connectivity index (χ0n) is 7.14. The molecule has 2 heteroatoms. The first kappa shape index (κ1) is 8.75. The second-order valence-electron chi connectivity index (χ2n) is 3.23. The van der Waals surface area contributed by atoms with Crippen LogP contribution in [0.2, 0.25) is 0 Å². The Labute approximate surface area is 68.3 Å². The topological polar surface area (TPSA) is 32.3 Å². The van der Waals surface area contributed by atoms with Crippen molar-refractivity contribution in [2.45, 2.75) is 31.8 Å². The number of aliphatic hydroxyl groups is 1. The summed E-state index contributed by atoms with van der Waals surface area (Å²) in [6, 6.07) is 0. The third kappa shape index (κ3) is 2.64. The first-order valence-electron chi connectivity index (χ1n) is 4.35. The molecule has 1 aliphatic heterocycles. The Morgan fingerprint density at radius 2 is 2.36 bits per heavy atom. The number of allylic oxidation sites excluding steroid dienone is 1. The molecule has 1 rings (SSSR count). The fourth-order valence-electron chi connectivity index (χ4n) is 1.37. The van der Waals surface area contributed by atoms with Crippen LogP contribution in [-0.4, -0.2) is 23.8 Å². The minimum Gasteiger partial charge on any atom is -0.388 e. The quantitative estimate of drug-likeness (QED) is 0.597. The number of β-amino-alcohol motifs (C(OH)–C–C–N with tert-alkyl or cyclic N) is 1. The van der Waals surface area contributed by atoms with Gasteiger partial charge in [0.1, 0.15) is 0 Å². The molecule has 1 fully saturated rings. The summed E-state index contributed by atoms with van der Waals surface area (Å²) in [5, 5.41) is 13.0. The van der Waals surface area contributed by atoms with E-state index in [0.717, 1.165) is 32.4 Å². The van der Waals surface area contributed by atoms with Gasteiger partial charge in [-0.05, 0) is 25.8 Å². The van der Waals surface area contributed by atoms with Crippen molar-refractivity contribution in [1.29, 1.82) is 0 Å². The van der Waals surface area contributed by atoms with Gasteiger partial charge in [0.2, 0.25) is 0 Å². The summed E-state index contributed by atoms with van der Waals surface area (Å²) < 4.78 is 0. The van der Waals surface area contributed by atoms with E-state index < -0.39 is 5.60 Å². The largest absolute Gasteiger partial charge is 0.388 e. The van der Waals surface area contributed by atoms with Crippen molar-refractivity contribution in [3.05, 3.63) is 12.2 Å². The number of hydrogen-bond donors (Lipinski definition) is 2. The highest BCUT2D eigenvalue weighted by molar-refractivity contribution is 4.95. The van der Waals surface area contributed by atoms with Crippen LogP contribution in [0.15, 0.2) is 12.2 Å². The first-order chi connectivity index (χ1) is 5.27. The molecular formula is C9H17NO. The van der Waals surface area contributed by atoms with Gasteiger partial charge in [-0.3, -0.25) is 0 Å². The average molecular weight is 155 g/mol. The van der Waals surface area contributed by atoms with E-state index in [4.69, 9.17) is 0 Å². The molecule has 0 saturated carbocycles. The molecule has 1 unspecified atom stereocenters. The van der Waals surface area contributed by atoms with Crippen molar-refractivity contribution in [2.75, 3.05) is 13.1 Å². The number of hydrogen-bond acceptors (Lipinski definition) is 2. The predicted molar refractivity (Wildman–Crippen MR) is 46.5 cm³/mol. The molecule has 1 heterocycles. The summed E-state index contributed by atoms with van der Waals surface area (Å²) in [6.45, 7) is 3.81. The zero-order chi connectivity index (χ0) is 8.16. The molecule has 64 valence electrons. The van der Waals surface area contributed by atoms with Crippen molar-refractivity contribution < 1.29 is 5.11 Å². The Kier molecular flexibility index (Phi) is 3.09. The third-order valence-corrected chi connectivity index (χ3v) is 2.12. The smallest absolute Gasteiger partial charge is 0.0817 e. The van der Waals surface area contributed by atoms with Gasteiger partial charge in [0.05, 0.1) is 5.60 Å². The van der Waals surface area contributed by atoms with Crippen LogP contribution >= 0.6 is 0 Å². The molecule has 2 nitrogen and oxygen atoms in total. The molecule has 0 aromatic heterocycles. The van der Waals surface area contributed by atoms with Crippen molar-refractivity contribution >= 4 is 0 Å². The summed E-state index contributed by atoms with van der Waals surface area (Å²) >= 11 is 0. The molecule has 0 bridgehead atoms. The summed E-state index contributed by atoms with van der Waals surface area (Å²) in [5.74, 6) is 0. The summed E-state index contributed by atoms with van der Waals surface area (Å²) in [7, 11) is 0. The number of rotatable bonds is 3. The second-order valence-corrected chi connectivity index (χ2v) is 3.23. The van der Waals surface area contributed by atoms with E-state index in [1.54, 1.807) is 0 Å². The van der Waals surface area contributed by atoms with Gasteiger partial charge in [0.25, 0.3) is 0 Å². The van der Waals surface area contributed by atoms with Gasteiger partial charge in [-0.25, -0.2) is 0 Å². The van der Waals surface area contributed by atoms with Crippen LogP contribution < -0.4 is 5.32 Å². The van der Waals surface area contributed by atoms with E-state index in [9.17, 15) is 5.11 Å². The monoisotopic (exact) mass is 155 g/mol. The maximum Gasteiger partial charge on any atom is 0.0817 e. The van der Waals surface area contributed by atoms with Crippen molar-refractivity contribution in [3.63, 3.8) is 0 Å². The molecule has 0 radical (unpaired) electrons. The molecule has 0 aromatic carbocycles. The lowest BCUT2D eigenvalue weighted by atomic mass is 9.99. The summed E-state index contributed by atoms with van der Waals surface area (Å²) in [6.07, 6.45) is 6.93. The highest BCUT2D eigenvalue weighted by Crippen LogP contribution is 2.18. The molecule has 1 aliphatic rings. The van der Waals surface area contributed by atoms with Crippen molar-refractivity contribution in [3.8, 4) is 0 Å². The fraction of sp³-hybridized carbons (Fsp3) is 0.778. The van der Waals surface area contributed by atoms with Crippen LogP contribution in [-0.2, 0) is 0 Å². The average Bonchev–Trinajstić information content (AvgIpc) is 2.38. The Morgan fingerprint density at radius 3 is 2.91 bits per heavy atom. The standard InChI is InChI=1S/C9H17NO/c1-2-3-4-5-9(11)6-7-10-8-9/h3-4,10-11H,2,5-8H2,1H3/b4-3+. The molecule has 1 saturated heterocycles. The van der Waals surface area contributed by atoms with Gasteiger partial charge in [-0.15, -0.1) is 0 Å².